The first-order chi connectivity index (χ1) is 9.43. The molecule has 2 heterocycles. The molecule has 7 nitrogen and oxygen atoms in total. The molecule has 108 valence electrons. The average Bonchev–Trinajstić information content (AvgIpc) is 2.82. The Hall–Kier alpha value is -2.15. The summed E-state index contributed by atoms with van der Waals surface area (Å²) < 4.78 is 5.11. The van der Waals surface area contributed by atoms with Crippen molar-refractivity contribution in [3.8, 4) is 0 Å². The number of H-pyrrole nitrogens is 1. The molecule has 1 aliphatic rings. The quantitative estimate of drug-likeness (QED) is 0.811. The number of ether oxygens (including phenoxy) is 1. The van der Waals surface area contributed by atoms with Crippen LogP contribution in [0.1, 0.15) is 22.5 Å². The van der Waals surface area contributed by atoms with E-state index in [0.29, 0.717) is 5.69 Å². The smallest absolute Gasteiger partial charge is 0.326 e. The van der Waals surface area contributed by atoms with Crippen LogP contribution in [0, 0.1) is 6.92 Å². The fourth-order valence-corrected chi connectivity index (χ4v) is 2.32. The van der Waals surface area contributed by atoms with Gasteiger partial charge < -0.3 is 19.7 Å². The van der Waals surface area contributed by atoms with Gasteiger partial charge in [0.15, 0.2) is 5.43 Å². The van der Waals surface area contributed by atoms with Gasteiger partial charge in [-0.25, -0.2) is 4.79 Å². The van der Waals surface area contributed by atoms with Crippen LogP contribution in [-0.4, -0.2) is 52.7 Å². The van der Waals surface area contributed by atoms with Gasteiger partial charge in [-0.3, -0.25) is 9.59 Å². The van der Waals surface area contributed by atoms with E-state index in [1.165, 1.54) is 24.3 Å². The Balaban J connectivity index is 2.31. The zero-order valence-corrected chi connectivity index (χ0v) is 11.3. The average molecular weight is 280 g/mol. The fraction of sp³-hybridized carbons (Fsp3) is 0.462. The first-order valence-electron chi connectivity index (χ1n) is 6.20. The lowest BCUT2D eigenvalue weighted by atomic mass is 10.2. The van der Waals surface area contributed by atoms with Crippen molar-refractivity contribution in [2.45, 2.75) is 25.5 Å². The molecular formula is C13H16N2O5. The van der Waals surface area contributed by atoms with Gasteiger partial charge in [0.05, 0.1) is 6.10 Å². The second kappa shape index (κ2) is 5.46. The SMILES string of the molecule is COC1CC(C(=O)O)N(C(=O)c2c[nH]c(C)cc2=O)C1. The Labute approximate surface area is 115 Å². The third-order valence-corrected chi connectivity index (χ3v) is 3.43. The van der Waals surface area contributed by atoms with E-state index < -0.39 is 23.3 Å². The second-order valence-corrected chi connectivity index (χ2v) is 4.80. The van der Waals surface area contributed by atoms with E-state index in [4.69, 9.17) is 4.74 Å². The van der Waals surface area contributed by atoms with Gasteiger partial charge in [-0.2, -0.15) is 0 Å². The summed E-state index contributed by atoms with van der Waals surface area (Å²) >= 11 is 0. The molecule has 1 aromatic rings. The van der Waals surface area contributed by atoms with Crippen molar-refractivity contribution in [1.82, 2.24) is 9.88 Å². The predicted molar refractivity (Wildman–Crippen MR) is 69.7 cm³/mol. The molecular weight excluding hydrogens is 264 g/mol. The lowest BCUT2D eigenvalue weighted by Crippen LogP contribution is -2.42. The lowest BCUT2D eigenvalue weighted by Gasteiger charge is -2.20. The van der Waals surface area contributed by atoms with E-state index in [9.17, 15) is 19.5 Å². The van der Waals surface area contributed by atoms with Crippen LogP contribution in [0.25, 0.3) is 0 Å². The highest BCUT2D eigenvalue weighted by Crippen LogP contribution is 2.21. The number of rotatable bonds is 3. The molecule has 1 aliphatic heterocycles. The fourth-order valence-electron chi connectivity index (χ4n) is 2.32. The van der Waals surface area contributed by atoms with Crippen LogP contribution >= 0.6 is 0 Å². The van der Waals surface area contributed by atoms with Gasteiger partial charge in [0.2, 0.25) is 0 Å². The second-order valence-electron chi connectivity index (χ2n) is 4.80. The van der Waals surface area contributed by atoms with E-state index in [0.717, 1.165) is 0 Å². The minimum Gasteiger partial charge on any atom is -0.480 e. The molecule has 0 aliphatic carbocycles. The van der Waals surface area contributed by atoms with E-state index in [2.05, 4.69) is 4.98 Å². The third kappa shape index (κ3) is 2.57. The molecule has 0 aromatic carbocycles. The van der Waals surface area contributed by atoms with Crippen molar-refractivity contribution < 1.29 is 19.4 Å². The number of aryl methyl sites for hydroxylation is 1. The maximum atomic E-state index is 12.3. The molecule has 0 spiro atoms. The number of methoxy groups -OCH3 is 1. The monoisotopic (exact) mass is 280 g/mol. The summed E-state index contributed by atoms with van der Waals surface area (Å²) in [6.45, 7) is 1.87. The van der Waals surface area contributed by atoms with Gasteiger partial charge in [0.25, 0.3) is 5.91 Å². The van der Waals surface area contributed by atoms with Crippen LogP contribution < -0.4 is 5.43 Å². The molecule has 1 fully saturated rings. The zero-order chi connectivity index (χ0) is 14.9. The molecule has 0 radical (unpaired) electrons. The van der Waals surface area contributed by atoms with Crippen molar-refractivity contribution in [2.24, 2.45) is 0 Å². The standard InChI is InChI=1S/C13H16N2O5/c1-7-3-11(16)9(5-14-7)12(17)15-6-8(20-2)4-10(15)13(18)19/h3,5,8,10H,4,6H2,1-2H3,(H,14,16)(H,18,19). The normalized spacial score (nSPS) is 22.0. The van der Waals surface area contributed by atoms with Gasteiger partial charge in [0.1, 0.15) is 11.6 Å². The molecule has 2 rings (SSSR count). The Kier molecular flexibility index (Phi) is 3.89. The number of hydrogen-bond donors (Lipinski definition) is 2. The molecule has 1 aromatic heterocycles. The first kappa shape index (κ1) is 14.3. The maximum absolute atomic E-state index is 12.3. The van der Waals surface area contributed by atoms with Crippen molar-refractivity contribution >= 4 is 11.9 Å². The number of carboxylic acid groups (broad SMARTS) is 1. The summed E-state index contributed by atoms with van der Waals surface area (Å²) in [6.07, 6.45) is 1.21. The minimum absolute atomic E-state index is 0.0568. The Bertz CT molecular complexity index is 595. The van der Waals surface area contributed by atoms with Gasteiger partial charge in [-0.15, -0.1) is 0 Å². The molecule has 0 bridgehead atoms. The number of nitrogens with zero attached hydrogens (tertiary/aromatic N) is 1. The number of aromatic amines is 1. The van der Waals surface area contributed by atoms with Gasteiger partial charge in [0, 0.05) is 38.0 Å². The van der Waals surface area contributed by atoms with Crippen molar-refractivity contribution in [3.05, 3.63) is 33.7 Å². The van der Waals surface area contributed by atoms with Gasteiger partial charge >= 0.3 is 5.97 Å². The molecule has 0 saturated carbocycles. The highest BCUT2D eigenvalue weighted by molar-refractivity contribution is 5.96. The van der Waals surface area contributed by atoms with Crippen LogP contribution in [0.4, 0.5) is 0 Å². The maximum Gasteiger partial charge on any atom is 0.326 e. The number of hydrogen-bond acceptors (Lipinski definition) is 4. The van der Waals surface area contributed by atoms with Crippen LogP contribution in [-0.2, 0) is 9.53 Å². The van der Waals surface area contributed by atoms with Crippen LogP contribution in [0.5, 0.6) is 0 Å². The number of aliphatic carboxylic acids is 1. The van der Waals surface area contributed by atoms with Gasteiger partial charge in [-0.05, 0) is 6.92 Å². The van der Waals surface area contributed by atoms with E-state index >= 15 is 0 Å². The highest BCUT2D eigenvalue weighted by Gasteiger charge is 2.40. The predicted octanol–water partition coefficient (Wildman–Crippen LogP) is -0.00258. The number of likely N-dealkylation sites (tertiary alicyclic amines) is 1. The van der Waals surface area contributed by atoms with Crippen LogP contribution in [0.15, 0.2) is 17.1 Å². The highest BCUT2D eigenvalue weighted by atomic mass is 16.5. The lowest BCUT2D eigenvalue weighted by molar-refractivity contribution is -0.141. The van der Waals surface area contributed by atoms with Crippen LogP contribution in [0.2, 0.25) is 0 Å². The van der Waals surface area contributed by atoms with Crippen LogP contribution in [0.3, 0.4) is 0 Å². The summed E-state index contributed by atoms with van der Waals surface area (Å²) in [5, 5.41) is 9.17. The van der Waals surface area contributed by atoms with Crippen molar-refractivity contribution in [2.75, 3.05) is 13.7 Å². The summed E-state index contributed by atoms with van der Waals surface area (Å²) in [4.78, 5) is 39.3. The number of carboxylic acids is 1. The number of pyridine rings is 1. The molecule has 2 N–H and O–H groups in total. The van der Waals surface area contributed by atoms with Crippen molar-refractivity contribution in [1.29, 1.82) is 0 Å². The molecule has 20 heavy (non-hydrogen) atoms. The van der Waals surface area contributed by atoms with Crippen molar-refractivity contribution in [3.63, 3.8) is 0 Å². The number of carbonyl (C=O) groups is 2. The summed E-state index contributed by atoms with van der Waals surface area (Å²) in [7, 11) is 1.47. The van der Waals surface area contributed by atoms with E-state index in [-0.39, 0.29) is 24.6 Å². The third-order valence-electron chi connectivity index (χ3n) is 3.43. The van der Waals surface area contributed by atoms with E-state index in [1.54, 1.807) is 6.92 Å². The molecule has 2 atom stereocenters. The number of amides is 1. The van der Waals surface area contributed by atoms with E-state index in [1.807, 2.05) is 0 Å². The topological polar surface area (TPSA) is 99.7 Å². The zero-order valence-electron chi connectivity index (χ0n) is 11.3. The number of nitrogens with one attached hydrogen (secondary N) is 1. The summed E-state index contributed by atoms with van der Waals surface area (Å²) in [5.74, 6) is -1.68. The number of carbonyl (C=O) groups excluding carboxylic acids is 1. The minimum atomic E-state index is -1.10. The first-order valence-corrected chi connectivity index (χ1v) is 6.20. The molecule has 1 saturated heterocycles. The Morgan fingerprint density at radius 3 is 2.75 bits per heavy atom. The van der Waals surface area contributed by atoms with Gasteiger partial charge in [-0.1, -0.05) is 0 Å². The molecule has 7 heteroatoms. The number of aromatic nitrogens is 1. The molecule has 2 unspecified atom stereocenters. The Morgan fingerprint density at radius 2 is 2.20 bits per heavy atom. The Morgan fingerprint density at radius 1 is 1.50 bits per heavy atom. The summed E-state index contributed by atoms with van der Waals surface area (Å²) in [6, 6.07) is 0.348. The molecule has 1 amide bonds. The summed E-state index contributed by atoms with van der Waals surface area (Å²) in [5.41, 5.74) is 0.160. The largest absolute Gasteiger partial charge is 0.480 e.